The van der Waals surface area contributed by atoms with E-state index in [1.807, 2.05) is 13.0 Å². The number of carbonyl (C=O) groups is 1. The van der Waals surface area contributed by atoms with Crippen LogP contribution in [-0.2, 0) is 4.74 Å². The molecule has 0 saturated heterocycles. The maximum Gasteiger partial charge on any atom is 0.340 e. The molecule has 0 bridgehead atoms. The Morgan fingerprint density at radius 2 is 2.11 bits per heavy atom. The Kier molecular flexibility index (Phi) is 5.67. The molecule has 4 heteroatoms. The minimum atomic E-state index is -0.437. The summed E-state index contributed by atoms with van der Waals surface area (Å²) in [6.07, 6.45) is 2.26. The summed E-state index contributed by atoms with van der Waals surface area (Å²) in [5.41, 5.74) is 7.50. The highest BCUT2D eigenvalue weighted by molar-refractivity contribution is 5.96. The second kappa shape index (κ2) is 7.02. The molecular formula is C15H23NO3. The van der Waals surface area contributed by atoms with Gasteiger partial charge in [-0.15, -0.1) is 0 Å². The summed E-state index contributed by atoms with van der Waals surface area (Å²) in [4.78, 5) is 11.6. The monoisotopic (exact) mass is 265 g/mol. The predicted octanol–water partition coefficient (Wildman–Crippen LogP) is 3.18. The van der Waals surface area contributed by atoms with Crippen molar-refractivity contribution < 1.29 is 14.3 Å². The van der Waals surface area contributed by atoms with E-state index < -0.39 is 5.97 Å². The molecule has 0 heterocycles. The van der Waals surface area contributed by atoms with Crippen LogP contribution in [0.15, 0.2) is 12.1 Å². The van der Waals surface area contributed by atoms with Crippen molar-refractivity contribution >= 4 is 11.7 Å². The summed E-state index contributed by atoms with van der Waals surface area (Å²) in [7, 11) is 1.34. The van der Waals surface area contributed by atoms with Gasteiger partial charge in [0.05, 0.1) is 19.3 Å². The van der Waals surface area contributed by atoms with Gasteiger partial charge in [0.25, 0.3) is 0 Å². The molecule has 0 spiro atoms. The van der Waals surface area contributed by atoms with Crippen molar-refractivity contribution in [2.45, 2.75) is 33.6 Å². The minimum absolute atomic E-state index is 0.362. The lowest BCUT2D eigenvalue weighted by molar-refractivity contribution is 0.0601. The number of aryl methyl sites for hydroxylation is 1. The fraction of sp³-hybridized carbons (Fsp3) is 0.533. The van der Waals surface area contributed by atoms with E-state index in [0.717, 1.165) is 18.4 Å². The van der Waals surface area contributed by atoms with Crippen LogP contribution in [0.5, 0.6) is 5.75 Å². The molecule has 0 aliphatic heterocycles. The van der Waals surface area contributed by atoms with E-state index in [4.69, 9.17) is 15.2 Å². The Morgan fingerprint density at radius 3 is 2.68 bits per heavy atom. The molecule has 0 aromatic heterocycles. The fourth-order valence-corrected chi connectivity index (χ4v) is 1.94. The van der Waals surface area contributed by atoms with Crippen LogP contribution in [0.2, 0.25) is 0 Å². The summed E-state index contributed by atoms with van der Waals surface area (Å²) >= 11 is 0. The number of carbonyl (C=O) groups excluding carboxylic acids is 1. The third-order valence-corrected chi connectivity index (χ3v) is 3.08. The van der Waals surface area contributed by atoms with Crippen molar-refractivity contribution in [2.75, 3.05) is 19.5 Å². The Hall–Kier alpha value is -1.71. The molecule has 0 fully saturated rings. The van der Waals surface area contributed by atoms with Crippen LogP contribution in [0, 0.1) is 12.8 Å². The van der Waals surface area contributed by atoms with Gasteiger partial charge in [-0.2, -0.15) is 0 Å². The molecule has 0 saturated carbocycles. The Balaban J connectivity index is 2.85. The molecule has 19 heavy (non-hydrogen) atoms. The largest absolute Gasteiger partial charge is 0.493 e. The van der Waals surface area contributed by atoms with Crippen molar-refractivity contribution in [2.24, 2.45) is 5.92 Å². The van der Waals surface area contributed by atoms with Gasteiger partial charge in [0, 0.05) is 5.69 Å². The van der Waals surface area contributed by atoms with Crippen molar-refractivity contribution in [3.05, 3.63) is 23.3 Å². The zero-order chi connectivity index (χ0) is 14.4. The SMILES string of the molecule is CCCC(C)COc1cc(C)c(N)c(C(=O)OC)c1. The van der Waals surface area contributed by atoms with Crippen molar-refractivity contribution in [3.8, 4) is 5.75 Å². The second-order valence-electron chi connectivity index (χ2n) is 4.90. The lowest BCUT2D eigenvalue weighted by atomic mass is 10.1. The molecule has 1 atom stereocenters. The normalized spacial score (nSPS) is 12.0. The van der Waals surface area contributed by atoms with E-state index in [-0.39, 0.29) is 0 Å². The molecule has 1 aromatic carbocycles. The molecule has 0 aliphatic carbocycles. The summed E-state index contributed by atoms with van der Waals surface area (Å²) < 4.78 is 10.4. The van der Waals surface area contributed by atoms with Crippen LogP contribution in [0.3, 0.4) is 0 Å². The molecule has 4 nitrogen and oxygen atoms in total. The van der Waals surface area contributed by atoms with E-state index in [0.29, 0.717) is 29.5 Å². The average molecular weight is 265 g/mol. The maximum absolute atomic E-state index is 11.6. The van der Waals surface area contributed by atoms with Gasteiger partial charge in [0.1, 0.15) is 5.75 Å². The molecule has 1 unspecified atom stereocenters. The van der Waals surface area contributed by atoms with Crippen LogP contribution in [0.25, 0.3) is 0 Å². The van der Waals surface area contributed by atoms with Crippen LogP contribution in [0.4, 0.5) is 5.69 Å². The predicted molar refractivity (Wildman–Crippen MR) is 76.5 cm³/mol. The van der Waals surface area contributed by atoms with Gasteiger partial charge in [0.2, 0.25) is 0 Å². The third-order valence-electron chi connectivity index (χ3n) is 3.08. The van der Waals surface area contributed by atoms with Crippen LogP contribution >= 0.6 is 0 Å². The number of esters is 1. The zero-order valence-electron chi connectivity index (χ0n) is 12.2. The summed E-state index contributed by atoms with van der Waals surface area (Å²) in [5, 5.41) is 0. The molecule has 0 amide bonds. The first-order chi connectivity index (χ1) is 8.99. The highest BCUT2D eigenvalue weighted by Gasteiger charge is 2.14. The highest BCUT2D eigenvalue weighted by atomic mass is 16.5. The van der Waals surface area contributed by atoms with Gasteiger partial charge in [0.15, 0.2) is 0 Å². The van der Waals surface area contributed by atoms with Crippen molar-refractivity contribution in [1.82, 2.24) is 0 Å². The van der Waals surface area contributed by atoms with Gasteiger partial charge >= 0.3 is 5.97 Å². The lowest BCUT2D eigenvalue weighted by Gasteiger charge is -2.14. The second-order valence-corrected chi connectivity index (χ2v) is 4.90. The smallest absolute Gasteiger partial charge is 0.340 e. The molecule has 106 valence electrons. The van der Waals surface area contributed by atoms with Crippen LogP contribution in [-0.4, -0.2) is 19.7 Å². The first-order valence-electron chi connectivity index (χ1n) is 6.60. The van der Waals surface area contributed by atoms with Crippen molar-refractivity contribution in [3.63, 3.8) is 0 Å². The van der Waals surface area contributed by atoms with Gasteiger partial charge in [-0.3, -0.25) is 0 Å². The Labute approximate surface area is 114 Å². The van der Waals surface area contributed by atoms with E-state index in [9.17, 15) is 4.79 Å². The molecule has 0 radical (unpaired) electrons. The van der Waals surface area contributed by atoms with E-state index in [2.05, 4.69) is 13.8 Å². The maximum atomic E-state index is 11.6. The van der Waals surface area contributed by atoms with Gasteiger partial charge in [-0.05, 0) is 37.0 Å². The lowest BCUT2D eigenvalue weighted by Crippen LogP contribution is -2.11. The standard InChI is InChI=1S/C15H23NO3/c1-5-6-10(2)9-19-12-7-11(3)14(16)13(8-12)15(17)18-4/h7-8,10H,5-6,9,16H2,1-4H3. The fourth-order valence-electron chi connectivity index (χ4n) is 1.94. The summed E-state index contributed by atoms with van der Waals surface area (Å²) in [6, 6.07) is 3.49. The molecular weight excluding hydrogens is 242 g/mol. The third kappa shape index (κ3) is 4.16. The van der Waals surface area contributed by atoms with E-state index in [1.54, 1.807) is 6.07 Å². The topological polar surface area (TPSA) is 61.5 Å². The Morgan fingerprint density at radius 1 is 1.42 bits per heavy atom. The summed E-state index contributed by atoms with van der Waals surface area (Å²) in [5.74, 6) is 0.715. The van der Waals surface area contributed by atoms with Crippen LogP contribution in [0.1, 0.15) is 42.6 Å². The quantitative estimate of drug-likeness (QED) is 0.634. The number of ether oxygens (including phenoxy) is 2. The highest BCUT2D eigenvalue weighted by Crippen LogP contribution is 2.25. The van der Waals surface area contributed by atoms with Gasteiger partial charge in [-0.1, -0.05) is 20.3 Å². The molecule has 0 aliphatic rings. The first kappa shape index (κ1) is 15.3. The number of methoxy groups -OCH3 is 1. The van der Waals surface area contributed by atoms with Gasteiger partial charge in [-0.25, -0.2) is 4.79 Å². The first-order valence-corrected chi connectivity index (χ1v) is 6.60. The number of hydrogen-bond acceptors (Lipinski definition) is 4. The number of hydrogen-bond donors (Lipinski definition) is 1. The molecule has 2 N–H and O–H groups in total. The van der Waals surface area contributed by atoms with E-state index in [1.165, 1.54) is 7.11 Å². The van der Waals surface area contributed by atoms with Crippen LogP contribution < -0.4 is 10.5 Å². The number of nitrogen functional groups attached to an aromatic ring is 1. The molecule has 1 aromatic rings. The van der Waals surface area contributed by atoms with E-state index >= 15 is 0 Å². The number of benzene rings is 1. The minimum Gasteiger partial charge on any atom is -0.493 e. The summed E-state index contributed by atoms with van der Waals surface area (Å²) in [6.45, 7) is 6.79. The number of nitrogens with two attached hydrogens (primary N) is 1. The number of anilines is 1. The number of rotatable bonds is 6. The van der Waals surface area contributed by atoms with Crippen molar-refractivity contribution in [1.29, 1.82) is 0 Å². The Bertz CT molecular complexity index is 443. The zero-order valence-corrected chi connectivity index (χ0v) is 12.2. The van der Waals surface area contributed by atoms with Gasteiger partial charge < -0.3 is 15.2 Å². The molecule has 1 rings (SSSR count). The average Bonchev–Trinajstić information content (AvgIpc) is 2.39.